The second-order valence-electron chi connectivity index (χ2n) is 4.69. The van der Waals surface area contributed by atoms with Gasteiger partial charge in [0.15, 0.2) is 0 Å². The van der Waals surface area contributed by atoms with Crippen LogP contribution in [0.2, 0.25) is 0 Å². The standard InChI is InChI=1S/C16H16F3NO/c1-11-9-13(21-2)7-8-15(11)20-10-12-5-3-4-6-14(12)16(17,18)19/h3-9,20H,10H2,1-2H3. The lowest BCUT2D eigenvalue weighted by Crippen LogP contribution is -2.12. The Morgan fingerprint density at radius 3 is 2.43 bits per heavy atom. The van der Waals surface area contributed by atoms with Crippen LogP contribution in [0.3, 0.4) is 0 Å². The summed E-state index contributed by atoms with van der Waals surface area (Å²) in [6, 6.07) is 11.0. The van der Waals surface area contributed by atoms with E-state index >= 15 is 0 Å². The van der Waals surface area contributed by atoms with Crippen molar-refractivity contribution in [1.82, 2.24) is 0 Å². The van der Waals surface area contributed by atoms with Gasteiger partial charge in [0.2, 0.25) is 0 Å². The average molecular weight is 295 g/mol. The zero-order valence-electron chi connectivity index (χ0n) is 11.8. The highest BCUT2D eigenvalue weighted by atomic mass is 19.4. The summed E-state index contributed by atoms with van der Waals surface area (Å²) in [4.78, 5) is 0. The second kappa shape index (κ2) is 6.08. The van der Waals surface area contributed by atoms with Gasteiger partial charge in [0.05, 0.1) is 12.7 Å². The molecule has 0 aliphatic rings. The lowest BCUT2D eigenvalue weighted by atomic mass is 10.1. The van der Waals surface area contributed by atoms with Crippen molar-refractivity contribution < 1.29 is 17.9 Å². The minimum absolute atomic E-state index is 0.114. The van der Waals surface area contributed by atoms with Gasteiger partial charge in [0, 0.05) is 12.2 Å². The van der Waals surface area contributed by atoms with Crippen LogP contribution in [0.25, 0.3) is 0 Å². The Kier molecular flexibility index (Phi) is 4.40. The molecule has 1 N–H and O–H groups in total. The summed E-state index contributed by atoms with van der Waals surface area (Å²) in [5, 5.41) is 3.04. The number of nitrogens with one attached hydrogen (secondary N) is 1. The molecule has 0 radical (unpaired) electrons. The molecule has 0 heterocycles. The Balaban J connectivity index is 2.17. The first-order valence-electron chi connectivity index (χ1n) is 6.45. The van der Waals surface area contributed by atoms with Crippen LogP contribution in [-0.4, -0.2) is 7.11 Å². The number of halogens is 3. The first kappa shape index (κ1) is 15.2. The number of hydrogen-bond donors (Lipinski definition) is 1. The number of anilines is 1. The van der Waals surface area contributed by atoms with Crippen molar-refractivity contribution in [2.75, 3.05) is 12.4 Å². The Bertz CT molecular complexity index is 623. The van der Waals surface area contributed by atoms with Gasteiger partial charge in [-0.2, -0.15) is 13.2 Å². The first-order chi connectivity index (χ1) is 9.91. The summed E-state index contributed by atoms with van der Waals surface area (Å²) < 4.78 is 43.8. The number of alkyl halides is 3. The minimum atomic E-state index is -4.34. The third-order valence-electron chi connectivity index (χ3n) is 3.23. The van der Waals surface area contributed by atoms with Gasteiger partial charge in [0.25, 0.3) is 0 Å². The van der Waals surface area contributed by atoms with Gasteiger partial charge in [-0.25, -0.2) is 0 Å². The van der Waals surface area contributed by atoms with E-state index in [9.17, 15) is 13.2 Å². The Morgan fingerprint density at radius 1 is 1.10 bits per heavy atom. The van der Waals surface area contributed by atoms with E-state index in [0.717, 1.165) is 17.3 Å². The number of methoxy groups -OCH3 is 1. The molecule has 0 aliphatic heterocycles. The van der Waals surface area contributed by atoms with Crippen molar-refractivity contribution in [1.29, 1.82) is 0 Å². The molecule has 0 amide bonds. The summed E-state index contributed by atoms with van der Waals surface area (Å²) in [5.41, 5.74) is 1.32. The molecule has 0 bridgehead atoms. The van der Waals surface area contributed by atoms with Crippen LogP contribution in [0.15, 0.2) is 42.5 Å². The lowest BCUT2D eigenvalue weighted by molar-refractivity contribution is -0.138. The van der Waals surface area contributed by atoms with E-state index in [1.54, 1.807) is 25.3 Å². The molecule has 0 fully saturated rings. The van der Waals surface area contributed by atoms with E-state index in [1.807, 2.05) is 13.0 Å². The molecule has 0 aliphatic carbocycles. The first-order valence-corrected chi connectivity index (χ1v) is 6.45. The highest BCUT2D eigenvalue weighted by Crippen LogP contribution is 2.32. The maximum Gasteiger partial charge on any atom is 0.416 e. The highest BCUT2D eigenvalue weighted by molar-refractivity contribution is 5.54. The van der Waals surface area contributed by atoms with Crippen molar-refractivity contribution in [2.24, 2.45) is 0 Å². The molecule has 2 aromatic rings. The van der Waals surface area contributed by atoms with Crippen molar-refractivity contribution in [3.05, 3.63) is 59.2 Å². The minimum Gasteiger partial charge on any atom is -0.497 e. The smallest absolute Gasteiger partial charge is 0.416 e. The molecule has 0 unspecified atom stereocenters. The van der Waals surface area contributed by atoms with Crippen LogP contribution < -0.4 is 10.1 Å². The number of ether oxygens (including phenoxy) is 1. The molecular weight excluding hydrogens is 279 g/mol. The van der Waals surface area contributed by atoms with E-state index < -0.39 is 11.7 Å². The third kappa shape index (κ3) is 3.68. The van der Waals surface area contributed by atoms with Crippen LogP contribution in [0.5, 0.6) is 5.75 Å². The van der Waals surface area contributed by atoms with E-state index in [0.29, 0.717) is 5.75 Å². The molecule has 2 rings (SSSR count). The molecule has 2 nitrogen and oxygen atoms in total. The molecule has 0 aromatic heterocycles. The molecule has 112 valence electrons. The number of rotatable bonds is 4. The summed E-state index contributed by atoms with van der Waals surface area (Å²) in [5.74, 6) is 0.716. The second-order valence-corrected chi connectivity index (χ2v) is 4.69. The van der Waals surface area contributed by atoms with Gasteiger partial charge < -0.3 is 10.1 Å². The number of aryl methyl sites for hydroxylation is 1. The maximum atomic E-state index is 12.9. The Hall–Kier alpha value is -2.17. The monoisotopic (exact) mass is 295 g/mol. The largest absolute Gasteiger partial charge is 0.497 e. The molecular formula is C16H16F3NO. The number of benzene rings is 2. The van der Waals surface area contributed by atoms with Gasteiger partial charge >= 0.3 is 6.18 Å². The predicted octanol–water partition coefficient (Wildman–Crippen LogP) is 4.63. The van der Waals surface area contributed by atoms with Crippen molar-refractivity contribution >= 4 is 5.69 Å². The van der Waals surface area contributed by atoms with Gasteiger partial charge in [-0.05, 0) is 42.3 Å². The fraction of sp³-hybridized carbons (Fsp3) is 0.250. The molecule has 0 saturated carbocycles. The summed E-state index contributed by atoms with van der Waals surface area (Å²) >= 11 is 0. The van der Waals surface area contributed by atoms with E-state index in [-0.39, 0.29) is 12.1 Å². The van der Waals surface area contributed by atoms with Crippen LogP contribution in [0.4, 0.5) is 18.9 Å². The average Bonchev–Trinajstić information content (AvgIpc) is 2.45. The summed E-state index contributed by atoms with van der Waals surface area (Å²) in [7, 11) is 1.57. The lowest BCUT2D eigenvalue weighted by Gasteiger charge is -2.15. The van der Waals surface area contributed by atoms with Gasteiger partial charge in [-0.15, -0.1) is 0 Å². The molecule has 0 atom stereocenters. The van der Waals surface area contributed by atoms with Crippen LogP contribution in [-0.2, 0) is 12.7 Å². The quantitative estimate of drug-likeness (QED) is 0.887. The molecule has 2 aromatic carbocycles. The van der Waals surface area contributed by atoms with E-state index in [1.165, 1.54) is 12.1 Å². The topological polar surface area (TPSA) is 21.3 Å². The third-order valence-corrected chi connectivity index (χ3v) is 3.23. The molecule has 0 saturated heterocycles. The Morgan fingerprint density at radius 2 is 1.81 bits per heavy atom. The maximum absolute atomic E-state index is 12.9. The van der Waals surface area contributed by atoms with E-state index in [4.69, 9.17) is 4.74 Å². The van der Waals surface area contributed by atoms with Gasteiger partial charge in [-0.1, -0.05) is 18.2 Å². The summed E-state index contributed by atoms with van der Waals surface area (Å²) in [6.45, 7) is 1.99. The van der Waals surface area contributed by atoms with Gasteiger partial charge in [0.1, 0.15) is 5.75 Å². The zero-order chi connectivity index (χ0) is 15.5. The molecule has 5 heteroatoms. The van der Waals surface area contributed by atoms with Crippen molar-refractivity contribution in [3.8, 4) is 5.75 Å². The molecule has 0 spiro atoms. The van der Waals surface area contributed by atoms with E-state index in [2.05, 4.69) is 5.32 Å². The van der Waals surface area contributed by atoms with Crippen LogP contribution in [0, 0.1) is 6.92 Å². The number of hydrogen-bond acceptors (Lipinski definition) is 2. The molecule has 21 heavy (non-hydrogen) atoms. The zero-order valence-corrected chi connectivity index (χ0v) is 11.8. The van der Waals surface area contributed by atoms with Crippen molar-refractivity contribution in [3.63, 3.8) is 0 Å². The van der Waals surface area contributed by atoms with Crippen LogP contribution >= 0.6 is 0 Å². The van der Waals surface area contributed by atoms with Gasteiger partial charge in [-0.3, -0.25) is 0 Å². The Labute approximate surface area is 121 Å². The SMILES string of the molecule is COc1ccc(NCc2ccccc2C(F)(F)F)c(C)c1. The predicted molar refractivity (Wildman–Crippen MR) is 76.5 cm³/mol. The normalized spacial score (nSPS) is 11.3. The fourth-order valence-electron chi connectivity index (χ4n) is 2.10. The summed E-state index contributed by atoms with van der Waals surface area (Å²) in [6.07, 6.45) is -4.34. The van der Waals surface area contributed by atoms with Crippen LogP contribution in [0.1, 0.15) is 16.7 Å². The highest BCUT2D eigenvalue weighted by Gasteiger charge is 2.32. The fourth-order valence-corrected chi connectivity index (χ4v) is 2.10. The van der Waals surface area contributed by atoms with Crippen molar-refractivity contribution in [2.45, 2.75) is 19.6 Å².